The zero-order chi connectivity index (χ0) is 21.2. The number of pyridine rings is 1. The number of carbonyl (C=O) groups excluding carboxylic acids is 2. The lowest BCUT2D eigenvalue weighted by atomic mass is 10.0. The molecule has 0 spiro atoms. The van der Waals surface area contributed by atoms with Gasteiger partial charge < -0.3 is 10.6 Å². The number of amides is 2. The first kappa shape index (κ1) is 19.0. The Morgan fingerprint density at radius 3 is 2.19 bits per heavy atom. The Labute approximate surface area is 182 Å². The zero-order valence-electron chi connectivity index (χ0n) is 16.3. The SMILES string of the molecule is O=C(Nc1ccc(NC(=O)c2cc3ccccc3c3cccnc23)cc1)c1cccs1. The lowest BCUT2D eigenvalue weighted by Gasteiger charge is -2.11. The minimum Gasteiger partial charge on any atom is -0.322 e. The van der Waals surface area contributed by atoms with Crippen LogP contribution in [-0.2, 0) is 0 Å². The number of aromatic nitrogens is 1. The third-order valence-electron chi connectivity index (χ3n) is 5.00. The van der Waals surface area contributed by atoms with Gasteiger partial charge >= 0.3 is 0 Å². The molecule has 2 N–H and O–H groups in total. The average molecular weight is 423 g/mol. The normalized spacial score (nSPS) is 10.8. The van der Waals surface area contributed by atoms with Gasteiger partial charge in [0, 0.05) is 23.0 Å². The fraction of sp³-hybridized carbons (Fsp3) is 0. The van der Waals surface area contributed by atoms with Gasteiger partial charge in [0.15, 0.2) is 0 Å². The number of hydrogen-bond acceptors (Lipinski definition) is 4. The Balaban J connectivity index is 1.40. The molecular weight excluding hydrogens is 406 g/mol. The minimum atomic E-state index is -0.232. The van der Waals surface area contributed by atoms with Gasteiger partial charge in [-0.25, -0.2) is 0 Å². The summed E-state index contributed by atoms with van der Waals surface area (Å²) in [5, 5.41) is 10.6. The molecule has 2 amide bonds. The quantitative estimate of drug-likeness (QED) is 0.351. The van der Waals surface area contributed by atoms with Crippen LogP contribution in [0, 0.1) is 0 Å². The van der Waals surface area contributed by atoms with Crippen molar-refractivity contribution in [2.45, 2.75) is 0 Å². The van der Waals surface area contributed by atoms with Gasteiger partial charge in [-0.05, 0) is 58.6 Å². The smallest absolute Gasteiger partial charge is 0.265 e. The van der Waals surface area contributed by atoms with E-state index in [0.29, 0.717) is 27.3 Å². The summed E-state index contributed by atoms with van der Waals surface area (Å²) in [6.45, 7) is 0. The van der Waals surface area contributed by atoms with Crippen molar-refractivity contribution >= 4 is 56.2 Å². The third-order valence-corrected chi connectivity index (χ3v) is 5.87. The number of carbonyl (C=O) groups is 2. The van der Waals surface area contributed by atoms with Crippen molar-refractivity contribution in [2.75, 3.05) is 10.6 Å². The van der Waals surface area contributed by atoms with Crippen molar-refractivity contribution in [1.82, 2.24) is 4.98 Å². The number of nitrogens with one attached hydrogen (secondary N) is 2. The maximum Gasteiger partial charge on any atom is 0.265 e. The molecule has 0 saturated heterocycles. The molecule has 2 aromatic heterocycles. The predicted molar refractivity (Wildman–Crippen MR) is 126 cm³/mol. The molecule has 2 heterocycles. The van der Waals surface area contributed by atoms with Crippen molar-refractivity contribution in [2.24, 2.45) is 0 Å². The highest BCUT2D eigenvalue weighted by atomic mass is 32.1. The first-order valence-corrected chi connectivity index (χ1v) is 10.6. The van der Waals surface area contributed by atoms with Crippen LogP contribution in [0.15, 0.2) is 90.4 Å². The predicted octanol–water partition coefficient (Wildman–Crippen LogP) is 5.95. The molecule has 0 saturated carbocycles. The Morgan fingerprint density at radius 1 is 0.742 bits per heavy atom. The summed E-state index contributed by atoms with van der Waals surface area (Å²) in [6.07, 6.45) is 1.69. The summed E-state index contributed by atoms with van der Waals surface area (Å²) in [5.74, 6) is -0.384. The van der Waals surface area contributed by atoms with Crippen molar-refractivity contribution in [3.63, 3.8) is 0 Å². The van der Waals surface area contributed by atoms with Crippen LogP contribution in [0.2, 0.25) is 0 Å². The van der Waals surface area contributed by atoms with E-state index in [2.05, 4.69) is 15.6 Å². The Morgan fingerprint density at radius 2 is 1.45 bits per heavy atom. The van der Waals surface area contributed by atoms with Crippen LogP contribution >= 0.6 is 11.3 Å². The highest BCUT2D eigenvalue weighted by molar-refractivity contribution is 7.12. The summed E-state index contributed by atoms with van der Waals surface area (Å²) < 4.78 is 0. The van der Waals surface area contributed by atoms with Gasteiger partial charge in [-0.1, -0.05) is 36.4 Å². The van der Waals surface area contributed by atoms with Crippen molar-refractivity contribution in [3.05, 3.63) is 101 Å². The first-order valence-electron chi connectivity index (χ1n) is 9.72. The van der Waals surface area contributed by atoms with E-state index < -0.39 is 0 Å². The van der Waals surface area contributed by atoms with Crippen molar-refractivity contribution in [3.8, 4) is 0 Å². The van der Waals surface area contributed by atoms with E-state index in [0.717, 1.165) is 16.2 Å². The molecule has 5 nitrogen and oxygen atoms in total. The molecule has 3 aromatic carbocycles. The van der Waals surface area contributed by atoms with Gasteiger partial charge in [-0.15, -0.1) is 11.3 Å². The van der Waals surface area contributed by atoms with E-state index in [1.165, 1.54) is 11.3 Å². The summed E-state index contributed by atoms with van der Waals surface area (Å²) in [5.41, 5.74) is 2.48. The van der Waals surface area contributed by atoms with Crippen LogP contribution in [0.25, 0.3) is 21.7 Å². The number of thiophene rings is 1. The summed E-state index contributed by atoms with van der Waals surface area (Å²) in [6, 6.07) is 24.3. The molecule has 5 rings (SSSR count). The standard InChI is InChI=1S/C25H17N3O2S/c29-24(21-15-16-5-1-2-6-19(16)20-7-3-13-26-23(20)21)27-17-9-11-18(12-10-17)28-25(30)22-8-4-14-31-22/h1-15H,(H,27,29)(H,28,30). The topological polar surface area (TPSA) is 71.1 Å². The number of rotatable bonds is 4. The summed E-state index contributed by atoms with van der Waals surface area (Å²) in [4.78, 5) is 30.4. The molecule has 0 unspecified atom stereocenters. The molecule has 31 heavy (non-hydrogen) atoms. The van der Waals surface area contributed by atoms with E-state index >= 15 is 0 Å². The molecule has 0 radical (unpaired) electrons. The van der Waals surface area contributed by atoms with Gasteiger partial charge in [0.2, 0.25) is 0 Å². The largest absolute Gasteiger partial charge is 0.322 e. The first-order chi connectivity index (χ1) is 15.2. The van der Waals surface area contributed by atoms with E-state index in [4.69, 9.17) is 0 Å². The Kier molecular flexibility index (Phi) is 4.90. The molecule has 6 heteroatoms. The average Bonchev–Trinajstić information content (AvgIpc) is 3.35. The van der Waals surface area contributed by atoms with Gasteiger partial charge in [0.1, 0.15) is 0 Å². The summed E-state index contributed by atoms with van der Waals surface area (Å²) in [7, 11) is 0. The molecular formula is C25H17N3O2S. The number of fused-ring (bicyclic) bond motifs is 3. The maximum atomic E-state index is 13.1. The number of hydrogen-bond donors (Lipinski definition) is 2. The lowest BCUT2D eigenvalue weighted by molar-refractivity contribution is 0.102. The number of anilines is 2. The maximum absolute atomic E-state index is 13.1. The van der Waals surface area contributed by atoms with Crippen LogP contribution in [0.4, 0.5) is 11.4 Å². The Hall–Kier alpha value is -4.03. The molecule has 0 atom stereocenters. The Bertz CT molecular complexity index is 1410. The molecule has 0 aliphatic heterocycles. The fourth-order valence-electron chi connectivity index (χ4n) is 3.54. The van der Waals surface area contributed by atoms with Crippen molar-refractivity contribution < 1.29 is 9.59 Å². The highest BCUT2D eigenvalue weighted by Crippen LogP contribution is 2.28. The lowest BCUT2D eigenvalue weighted by Crippen LogP contribution is -2.13. The fourth-order valence-corrected chi connectivity index (χ4v) is 4.16. The third kappa shape index (κ3) is 3.76. The molecule has 0 aliphatic carbocycles. The van der Waals surface area contributed by atoms with E-state index in [1.807, 2.05) is 53.9 Å². The minimum absolute atomic E-state index is 0.152. The van der Waals surface area contributed by atoms with Gasteiger partial charge in [0.05, 0.1) is 16.0 Å². The van der Waals surface area contributed by atoms with Gasteiger partial charge in [-0.2, -0.15) is 0 Å². The number of benzene rings is 3. The van der Waals surface area contributed by atoms with Gasteiger partial charge in [0.25, 0.3) is 11.8 Å². The second kappa shape index (κ2) is 8.01. The van der Waals surface area contributed by atoms with Crippen molar-refractivity contribution in [1.29, 1.82) is 0 Å². The molecule has 5 aromatic rings. The zero-order valence-corrected chi connectivity index (χ0v) is 17.1. The van der Waals surface area contributed by atoms with Crippen LogP contribution in [0.1, 0.15) is 20.0 Å². The van der Waals surface area contributed by atoms with E-state index in [-0.39, 0.29) is 11.8 Å². The molecule has 0 bridgehead atoms. The van der Waals surface area contributed by atoms with Crippen LogP contribution in [0.3, 0.4) is 0 Å². The summed E-state index contributed by atoms with van der Waals surface area (Å²) >= 11 is 1.39. The molecule has 0 aliphatic rings. The molecule has 0 fully saturated rings. The second-order valence-electron chi connectivity index (χ2n) is 7.01. The van der Waals surface area contributed by atoms with Crippen LogP contribution in [-0.4, -0.2) is 16.8 Å². The highest BCUT2D eigenvalue weighted by Gasteiger charge is 2.14. The molecule has 150 valence electrons. The van der Waals surface area contributed by atoms with Crippen LogP contribution < -0.4 is 10.6 Å². The monoisotopic (exact) mass is 423 g/mol. The van der Waals surface area contributed by atoms with Gasteiger partial charge in [-0.3, -0.25) is 14.6 Å². The number of nitrogens with zero attached hydrogens (tertiary/aromatic N) is 1. The van der Waals surface area contributed by atoms with E-state index in [9.17, 15) is 9.59 Å². The van der Waals surface area contributed by atoms with Crippen LogP contribution in [0.5, 0.6) is 0 Å². The van der Waals surface area contributed by atoms with E-state index in [1.54, 1.807) is 36.5 Å². The second-order valence-corrected chi connectivity index (χ2v) is 7.96.